The molecule has 0 radical (unpaired) electrons. The zero-order valence-corrected chi connectivity index (χ0v) is 18.4. The van der Waals surface area contributed by atoms with Crippen LogP contribution in [0.4, 0.5) is 11.5 Å². The van der Waals surface area contributed by atoms with Crippen molar-refractivity contribution in [3.05, 3.63) is 47.7 Å². The fourth-order valence-corrected chi connectivity index (χ4v) is 4.47. The monoisotopic (exact) mass is 431 g/mol. The number of piperazine rings is 1. The summed E-state index contributed by atoms with van der Waals surface area (Å²) in [5, 5.41) is 5.87. The summed E-state index contributed by atoms with van der Waals surface area (Å²) in [7, 11) is -2.25. The highest BCUT2D eigenvalue weighted by atomic mass is 32.2. The number of hydrogen-bond donors (Lipinski definition) is 3. The van der Waals surface area contributed by atoms with Gasteiger partial charge in [-0.25, -0.2) is 13.4 Å². The smallest absolute Gasteiger partial charge is 0.261 e. The molecule has 1 saturated heterocycles. The second kappa shape index (κ2) is 9.44. The Morgan fingerprint density at radius 3 is 2.47 bits per heavy atom. The summed E-state index contributed by atoms with van der Waals surface area (Å²) in [5.74, 6) is 0.737. The second-order valence-electron chi connectivity index (χ2n) is 7.76. The molecule has 162 valence electrons. The Morgan fingerprint density at radius 2 is 1.87 bits per heavy atom. The average molecular weight is 432 g/mol. The quantitative estimate of drug-likeness (QED) is 0.618. The third-order valence-corrected chi connectivity index (χ3v) is 6.28. The second-order valence-corrected chi connectivity index (χ2v) is 9.44. The van der Waals surface area contributed by atoms with Crippen LogP contribution in [0.25, 0.3) is 0 Å². The number of pyridine rings is 1. The minimum absolute atomic E-state index is 0.169. The topological polar surface area (TPSA) is 103 Å². The summed E-state index contributed by atoms with van der Waals surface area (Å²) in [4.78, 5) is 19.0. The summed E-state index contributed by atoms with van der Waals surface area (Å²) < 4.78 is 28.2. The van der Waals surface area contributed by atoms with Crippen molar-refractivity contribution in [1.29, 1.82) is 0 Å². The molecule has 1 aliphatic rings. The molecule has 3 N–H and O–H groups in total. The van der Waals surface area contributed by atoms with E-state index in [-0.39, 0.29) is 16.5 Å². The summed E-state index contributed by atoms with van der Waals surface area (Å²) >= 11 is 0. The van der Waals surface area contributed by atoms with E-state index in [0.717, 1.165) is 38.2 Å². The number of nitrogens with one attached hydrogen (secondary N) is 3. The molecule has 1 amide bonds. The number of rotatable bonds is 7. The lowest BCUT2D eigenvalue weighted by atomic mass is 10.0. The van der Waals surface area contributed by atoms with Gasteiger partial charge in [0.2, 0.25) is 0 Å². The molecule has 30 heavy (non-hydrogen) atoms. The number of benzene rings is 1. The van der Waals surface area contributed by atoms with Gasteiger partial charge in [-0.2, -0.15) is 0 Å². The van der Waals surface area contributed by atoms with Gasteiger partial charge in [-0.3, -0.25) is 9.52 Å². The van der Waals surface area contributed by atoms with E-state index >= 15 is 0 Å². The van der Waals surface area contributed by atoms with Crippen molar-refractivity contribution in [2.45, 2.75) is 25.2 Å². The summed E-state index contributed by atoms with van der Waals surface area (Å²) in [6.07, 6.45) is 2.34. The average Bonchev–Trinajstić information content (AvgIpc) is 2.73. The van der Waals surface area contributed by atoms with Gasteiger partial charge in [0.1, 0.15) is 5.82 Å². The van der Waals surface area contributed by atoms with Gasteiger partial charge in [-0.15, -0.1) is 0 Å². The number of carbonyl (C=O) groups is 1. The molecule has 0 saturated carbocycles. The molecule has 0 spiro atoms. The predicted molar refractivity (Wildman–Crippen MR) is 119 cm³/mol. The summed E-state index contributed by atoms with van der Waals surface area (Å²) in [5.41, 5.74) is 1.68. The lowest BCUT2D eigenvalue weighted by Gasteiger charge is -2.29. The van der Waals surface area contributed by atoms with Crippen LogP contribution in [0, 0.1) is 5.92 Å². The highest BCUT2D eigenvalue weighted by Crippen LogP contribution is 2.24. The molecule has 0 aliphatic carbocycles. The standard InChI is InChI=1S/C21H29N5O3S/c1-15(2)12-16-4-6-18(7-5-16)30(28,29)25-17-13-19(21(27)22-3)20(24-14-17)26-10-8-23-9-11-26/h4-7,13-15,23,25H,8-12H2,1-3H3,(H,22,27). The SMILES string of the molecule is CNC(=O)c1cc(NS(=O)(=O)c2ccc(CC(C)C)cc2)cnc1N1CCNCC1. The van der Waals surface area contributed by atoms with Crippen LogP contribution >= 0.6 is 0 Å². The van der Waals surface area contributed by atoms with Crippen LogP contribution in [0.15, 0.2) is 41.4 Å². The fraction of sp³-hybridized carbons (Fsp3) is 0.429. The number of sulfonamides is 1. The van der Waals surface area contributed by atoms with Crippen LogP contribution in [0.5, 0.6) is 0 Å². The normalized spacial score (nSPS) is 14.6. The highest BCUT2D eigenvalue weighted by Gasteiger charge is 2.22. The highest BCUT2D eigenvalue weighted by molar-refractivity contribution is 7.92. The van der Waals surface area contributed by atoms with Crippen molar-refractivity contribution in [3.63, 3.8) is 0 Å². The number of anilines is 2. The third-order valence-electron chi connectivity index (χ3n) is 4.88. The largest absolute Gasteiger partial charge is 0.355 e. The lowest BCUT2D eigenvalue weighted by Crippen LogP contribution is -2.44. The zero-order valence-electron chi connectivity index (χ0n) is 17.6. The maximum absolute atomic E-state index is 12.8. The molecule has 1 aromatic carbocycles. The van der Waals surface area contributed by atoms with Crippen LogP contribution in [-0.4, -0.2) is 52.5 Å². The molecule has 1 fully saturated rings. The van der Waals surface area contributed by atoms with E-state index in [1.54, 1.807) is 19.2 Å². The number of aromatic nitrogens is 1. The minimum Gasteiger partial charge on any atom is -0.355 e. The van der Waals surface area contributed by atoms with E-state index in [2.05, 4.69) is 34.2 Å². The molecule has 1 aromatic heterocycles. The van der Waals surface area contributed by atoms with Gasteiger partial charge >= 0.3 is 0 Å². The minimum atomic E-state index is -3.79. The van der Waals surface area contributed by atoms with Gasteiger partial charge in [0.25, 0.3) is 15.9 Å². The van der Waals surface area contributed by atoms with E-state index in [1.165, 1.54) is 12.3 Å². The van der Waals surface area contributed by atoms with Crippen LogP contribution < -0.4 is 20.3 Å². The molecule has 1 aliphatic heterocycles. The number of hydrogen-bond acceptors (Lipinski definition) is 6. The van der Waals surface area contributed by atoms with E-state index < -0.39 is 10.0 Å². The van der Waals surface area contributed by atoms with E-state index in [0.29, 0.717) is 17.3 Å². The van der Waals surface area contributed by atoms with Crippen LogP contribution in [0.2, 0.25) is 0 Å². The van der Waals surface area contributed by atoms with Crippen LogP contribution in [0.1, 0.15) is 29.8 Å². The van der Waals surface area contributed by atoms with Gasteiger partial charge in [0.05, 0.1) is 22.3 Å². The van der Waals surface area contributed by atoms with Gasteiger partial charge in [-0.1, -0.05) is 26.0 Å². The Balaban J connectivity index is 1.85. The Hall–Kier alpha value is -2.65. The maximum Gasteiger partial charge on any atom is 0.261 e. The van der Waals surface area contributed by atoms with E-state index in [4.69, 9.17) is 0 Å². The molecule has 8 nitrogen and oxygen atoms in total. The van der Waals surface area contributed by atoms with Crippen molar-refractivity contribution in [2.75, 3.05) is 42.8 Å². The van der Waals surface area contributed by atoms with Crippen molar-refractivity contribution in [2.24, 2.45) is 5.92 Å². The molecule has 0 atom stereocenters. The Morgan fingerprint density at radius 1 is 1.20 bits per heavy atom. The number of carbonyl (C=O) groups excluding carboxylic acids is 1. The van der Waals surface area contributed by atoms with Crippen molar-refractivity contribution in [1.82, 2.24) is 15.6 Å². The molecular formula is C21H29N5O3S. The van der Waals surface area contributed by atoms with E-state index in [1.807, 2.05) is 17.0 Å². The lowest BCUT2D eigenvalue weighted by molar-refractivity contribution is 0.0963. The van der Waals surface area contributed by atoms with Crippen LogP contribution in [0.3, 0.4) is 0 Å². The van der Waals surface area contributed by atoms with Crippen molar-refractivity contribution >= 4 is 27.4 Å². The first-order valence-corrected chi connectivity index (χ1v) is 11.6. The predicted octanol–water partition coefficient (Wildman–Crippen LogP) is 1.85. The van der Waals surface area contributed by atoms with Gasteiger partial charge in [0, 0.05) is 33.2 Å². The molecule has 0 bridgehead atoms. The van der Waals surface area contributed by atoms with Crippen molar-refractivity contribution < 1.29 is 13.2 Å². The Bertz CT molecular complexity index is 984. The third kappa shape index (κ3) is 5.28. The first-order chi connectivity index (χ1) is 14.3. The maximum atomic E-state index is 12.8. The molecule has 2 heterocycles. The fourth-order valence-electron chi connectivity index (χ4n) is 3.43. The number of nitrogens with zero attached hydrogens (tertiary/aromatic N) is 2. The van der Waals surface area contributed by atoms with E-state index in [9.17, 15) is 13.2 Å². The molecule has 0 unspecified atom stereocenters. The molecule has 3 rings (SSSR count). The summed E-state index contributed by atoms with van der Waals surface area (Å²) in [6.45, 7) is 7.29. The zero-order chi connectivity index (χ0) is 21.7. The van der Waals surface area contributed by atoms with Crippen LogP contribution in [-0.2, 0) is 16.4 Å². The van der Waals surface area contributed by atoms with Gasteiger partial charge in [0.15, 0.2) is 0 Å². The van der Waals surface area contributed by atoms with Gasteiger partial charge in [-0.05, 0) is 36.1 Å². The Kier molecular flexibility index (Phi) is 6.94. The first kappa shape index (κ1) is 22.0. The Labute approximate surface area is 178 Å². The number of amides is 1. The summed E-state index contributed by atoms with van der Waals surface area (Å²) in [6, 6.07) is 8.39. The first-order valence-electron chi connectivity index (χ1n) is 10.1. The molecule has 2 aromatic rings. The molecule has 9 heteroatoms. The molecular weight excluding hydrogens is 402 g/mol. The van der Waals surface area contributed by atoms with Crippen molar-refractivity contribution in [3.8, 4) is 0 Å². The van der Waals surface area contributed by atoms with Gasteiger partial charge < -0.3 is 15.5 Å².